The van der Waals surface area contributed by atoms with Gasteiger partial charge in [-0.3, -0.25) is 5.32 Å². The summed E-state index contributed by atoms with van der Waals surface area (Å²) in [5.74, 6) is -1.13. The van der Waals surface area contributed by atoms with E-state index in [9.17, 15) is 13.6 Å². The van der Waals surface area contributed by atoms with Gasteiger partial charge in [-0.05, 0) is 32.0 Å². The highest BCUT2D eigenvalue weighted by Crippen LogP contribution is 2.24. The molecule has 0 spiro atoms. The average molecular weight is 414 g/mol. The number of carbonyl (C=O) groups is 1. The number of aromatic nitrogens is 3. The molecule has 156 valence electrons. The van der Waals surface area contributed by atoms with Crippen molar-refractivity contribution in [1.29, 1.82) is 0 Å². The number of rotatable bonds is 3. The third kappa shape index (κ3) is 3.80. The molecule has 1 aliphatic rings. The highest BCUT2D eigenvalue weighted by molar-refractivity contribution is 5.88. The van der Waals surface area contributed by atoms with Gasteiger partial charge in [-0.15, -0.1) is 0 Å². The molecule has 0 bridgehead atoms. The summed E-state index contributed by atoms with van der Waals surface area (Å²) in [5.41, 5.74) is 1.89. The lowest BCUT2D eigenvalue weighted by Gasteiger charge is -2.34. The fourth-order valence-corrected chi connectivity index (χ4v) is 3.17. The molecule has 0 radical (unpaired) electrons. The standard InChI is InChI=1S/C20H20F2N6O2/c1-12-13(2)26-30-18(12)25-20(29)28-10-8-27(9-11-28)19-23-7-6-16(24-19)14-4-3-5-15(21)17(14)22/h3-7H,8-11H2,1-2H3,(H,25,29). The number of benzene rings is 1. The van der Waals surface area contributed by atoms with E-state index < -0.39 is 11.6 Å². The monoisotopic (exact) mass is 414 g/mol. The van der Waals surface area contributed by atoms with Crippen LogP contribution in [0.4, 0.5) is 25.4 Å². The number of halogens is 2. The van der Waals surface area contributed by atoms with Crippen molar-refractivity contribution in [3.63, 3.8) is 0 Å². The largest absolute Gasteiger partial charge is 0.338 e. The molecule has 1 fully saturated rings. The highest BCUT2D eigenvalue weighted by Gasteiger charge is 2.24. The Hall–Kier alpha value is -3.56. The normalized spacial score (nSPS) is 14.1. The Kier molecular flexibility index (Phi) is 5.30. The molecule has 1 saturated heterocycles. The Bertz CT molecular complexity index is 1080. The summed E-state index contributed by atoms with van der Waals surface area (Å²) in [4.78, 5) is 24.7. The van der Waals surface area contributed by atoms with E-state index in [1.54, 1.807) is 11.8 Å². The molecule has 0 unspecified atom stereocenters. The van der Waals surface area contributed by atoms with Crippen molar-refractivity contribution in [2.45, 2.75) is 13.8 Å². The van der Waals surface area contributed by atoms with Crippen LogP contribution in [0.3, 0.4) is 0 Å². The van der Waals surface area contributed by atoms with Crippen molar-refractivity contribution in [2.75, 3.05) is 36.4 Å². The van der Waals surface area contributed by atoms with Gasteiger partial charge in [-0.1, -0.05) is 11.2 Å². The minimum Gasteiger partial charge on any atom is -0.338 e. The number of piperazine rings is 1. The third-order valence-corrected chi connectivity index (χ3v) is 5.10. The highest BCUT2D eigenvalue weighted by atomic mass is 19.2. The molecule has 0 atom stereocenters. The van der Waals surface area contributed by atoms with Crippen LogP contribution in [-0.2, 0) is 0 Å². The molecular formula is C20H20F2N6O2. The average Bonchev–Trinajstić information content (AvgIpc) is 3.08. The second kappa shape index (κ2) is 8.05. The fourth-order valence-electron chi connectivity index (χ4n) is 3.17. The van der Waals surface area contributed by atoms with Crippen LogP contribution in [0.25, 0.3) is 11.3 Å². The molecule has 1 N–H and O–H groups in total. The molecule has 30 heavy (non-hydrogen) atoms. The Morgan fingerprint density at radius 2 is 1.90 bits per heavy atom. The fraction of sp³-hybridized carbons (Fsp3) is 0.300. The van der Waals surface area contributed by atoms with Crippen molar-refractivity contribution in [2.24, 2.45) is 0 Å². The van der Waals surface area contributed by atoms with Gasteiger partial charge in [0.05, 0.1) is 11.4 Å². The van der Waals surface area contributed by atoms with E-state index in [2.05, 4.69) is 20.4 Å². The first-order valence-electron chi connectivity index (χ1n) is 9.45. The van der Waals surface area contributed by atoms with Crippen LogP contribution >= 0.6 is 0 Å². The van der Waals surface area contributed by atoms with Crippen molar-refractivity contribution in [1.82, 2.24) is 20.0 Å². The van der Waals surface area contributed by atoms with Gasteiger partial charge in [0.1, 0.15) is 0 Å². The summed E-state index contributed by atoms with van der Waals surface area (Å²) < 4.78 is 32.8. The van der Waals surface area contributed by atoms with Crippen LogP contribution in [0.1, 0.15) is 11.3 Å². The molecule has 3 aromatic rings. The lowest BCUT2D eigenvalue weighted by Crippen LogP contribution is -2.50. The maximum Gasteiger partial charge on any atom is 0.324 e. The van der Waals surface area contributed by atoms with Crippen molar-refractivity contribution < 1.29 is 18.1 Å². The number of urea groups is 1. The zero-order chi connectivity index (χ0) is 21.3. The molecule has 1 aliphatic heterocycles. The zero-order valence-corrected chi connectivity index (χ0v) is 16.5. The lowest BCUT2D eigenvalue weighted by atomic mass is 10.1. The maximum atomic E-state index is 14.1. The molecule has 10 heteroatoms. The second-order valence-electron chi connectivity index (χ2n) is 6.97. The number of hydrogen-bond donors (Lipinski definition) is 1. The first-order chi connectivity index (χ1) is 14.4. The van der Waals surface area contributed by atoms with Gasteiger partial charge in [0.25, 0.3) is 0 Å². The van der Waals surface area contributed by atoms with Crippen molar-refractivity contribution in [3.05, 3.63) is 53.4 Å². The Balaban J connectivity index is 1.42. The quantitative estimate of drug-likeness (QED) is 0.707. The summed E-state index contributed by atoms with van der Waals surface area (Å²) in [6, 6.07) is 5.23. The molecule has 0 saturated carbocycles. The third-order valence-electron chi connectivity index (χ3n) is 5.10. The second-order valence-corrected chi connectivity index (χ2v) is 6.97. The minimum atomic E-state index is -0.943. The first-order valence-corrected chi connectivity index (χ1v) is 9.45. The Morgan fingerprint density at radius 3 is 2.60 bits per heavy atom. The van der Waals surface area contributed by atoms with Gasteiger partial charge >= 0.3 is 6.03 Å². The summed E-state index contributed by atoms with van der Waals surface area (Å²) in [6.45, 7) is 5.51. The number of amides is 2. The number of anilines is 2. The zero-order valence-electron chi connectivity index (χ0n) is 16.5. The van der Waals surface area contributed by atoms with Gasteiger partial charge in [-0.2, -0.15) is 0 Å². The Labute approximate surface area is 171 Å². The van der Waals surface area contributed by atoms with Gasteiger partial charge in [-0.25, -0.2) is 23.5 Å². The van der Waals surface area contributed by atoms with Crippen LogP contribution in [0, 0.1) is 25.5 Å². The van der Waals surface area contributed by atoms with Crippen LogP contribution < -0.4 is 10.2 Å². The molecule has 0 aliphatic carbocycles. The number of aryl methyl sites for hydroxylation is 1. The summed E-state index contributed by atoms with van der Waals surface area (Å²) in [6.07, 6.45) is 1.51. The van der Waals surface area contributed by atoms with Gasteiger partial charge in [0, 0.05) is 43.5 Å². The van der Waals surface area contributed by atoms with E-state index in [-0.39, 0.29) is 11.6 Å². The SMILES string of the molecule is Cc1noc(NC(=O)N2CCN(c3nccc(-c4cccc(F)c4F)n3)CC2)c1C. The number of nitrogens with zero attached hydrogens (tertiary/aromatic N) is 5. The topological polar surface area (TPSA) is 87.4 Å². The maximum absolute atomic E-state index is 14.1. The number of carbonyl (C=O) groups excluding carboxylic acids is 1. The summed E-state index contributed by atoms with van der Waals surface area (Å²) in [5, 5.41) is 6.56. The van der Waals surface area contributed by atoms with E-state index in [4.69, 9.17) is 4.52 Å². The molecule has 4 rings (SSSR count). The molecular weight excluding hydrogens is 394 g/mol. The number of hydrogen-bond acceptors (Lipinski definition) is 6. The van der Waals surface area contributed by atoms with Crippen molar-refractivity contribution >= 4 is 17.9 Å². The van der Waals surface area contributed by atoms with E-state index in [1.165, 1.54) is 24.4 Å². The van der Waals surface area contributed by atoms with Crippen LogP contribution in [0.2, 0.25) is 0 Å². The smallest absolute Gasteiger partial charge is 0.324 e. The van der Waals surface area contributed by atoms with Crippen molar-refractivity contribution in [3.8, 4) is 11.3 Å². The van der Waals surface area contributed by atoms with Gasteiger partial charge < -0.3 is 14.3 Å². The lowest BCUT2D eigenvalue weighted by molar-refractivity contribution is 0.207. The molecule has 8 nitrogen and oxygen atoms in total. The molecule has 3 heterocycles. The van der Waals surface area contributed by atoms with E-state index >= 15 is 0 Å². The number of nitrogens with one attached hydrogen (secondary N) is 1. The molecule has 2 amide bonds. The van der Waals surface area contributed by atoms with E-state index in [0.29, 0.717) is 43.7 Å². The molecule has 2 aromatic heterocycles. The van der Waals surface area contributed by atoms with Crippen LogP contribution in [0.15, 0.2) is 35.0 Å². The van der Waals surface area contributed by atoms with Crippen LogP contribution in [-0.4, -0.2) is 52.2 Å². The van der Waals surface area contributed by atoms with Gasteiger partial charge in [0.2, 0.25) is 11.8 Å². The first kappa shape index (κ1) is 19.7. The summed E-state index contributed by atoms with van der Waals surface area (Å²) in [7, 11) is 0. The van der Waals surface area contributed by atoms with E-state index in [1.807, 2.05) is 11.8 Å². The predicted octanol–water partition coefficient (Wildman–Crippen LogP) is 3.38. The van der Waals surface area contributed by atoms with Gasteiger partial charge in [0.15, 0.2) is 11.6 Å². The predicted molar refractivity (Wildman–Crippen MR) is 106 cm³/mol. The minimum absolute atomic E-state index is 0.0781. The van der Waals surface area contributed by atoms with E-state index in [0.717, 1.165) is 17.3 Å². The summed E-state index contributed by atoms with van der Waals surface area (Å²) >= 11 is 0. The molecule has 1 aromatic carbocycles. The van der Waals surface area contributed by atoms with Crippen LogP contribution in [0.5, 0.6) is 0 Å². The Morgan fingerprint density at radius 1 is 1.13 bits per heavy atom.